The van der Waals surface area contributed by atoms with E-state index in [4.69, 9.17) is 5.73 Å². The highest BCUT2D eigenvalue weighted by atomic mass is 32.1. The highest BCUT2D eigenvalue weighted by molar-refractivity contribution is 7.16. The van der Waals surface area contributed by atoms with Gasteiger partial charge in [0.1, 0.15) is 5.52 Å². The van der Waals surface area contributed by atoms with Gasteiger partial charge in [-0.25, -0.2) is 4.98 Å². The van der Waals surface area contributed by atoms with E-state index in [1.165, 1.54) is 0 Å². The van der Waals surface area contributed by atoms with E-state index in [2.05, 4.69) is 15.6 Å². The fourth-order valence-corrected chi connectivity index (χ4v) is 2.48. The molecule has 5 nitrogen and oxygen atoms in total. The summed E-state index contributed by atoms with van der Waals surface area (Å²) in [6, 6.07) is 4.24. The van der Waals surface area contributed by atoms with Crippen LogP contribution in [-0.4, -0.2) is 23.5 Å². The van der Waals surface area contributed by atoms with Crippen molar-refractivity contribution in [3.63, 3.8) is 0 Å². The molecule has 0 atom stereocenters. The first kappa shape index (κ1) is 11.3. The molecule has 2 aromatic rings. The molecule has 0 radical (unpaired) electrons. The normalized spacial score (nSPS) is 14.7. The number of nitrogens with one attached hydrogen (secondary N) is 2. The van der Waals surface area contributed by atoms with E-state index in [-0.39, 0.29) is 12.5 Å². The molecule has 0 bridgehead atoms. The second kappa shape index (κ2) is 4.45. The standard InChI is InChI=1S/C12H14N4OS/c13-11-8(3-4-9-12(11)15-6-18-9)14-5-10(17)16-7-1-2-7/h3-4,6-7,14H,1-2,5,13H2,(H,16,17). The predicted octanol–water partition coefficient (Wildman–Crippen LogP) is 1.57. The van der Waals surface area contributed by atoms with E-state index in [9.17, 15) is 4.79 Å². The van der Waals surface area contributed by atoms with Crippen LogP contribution in [0.2, 0.25) is 0 Å². The van der Waals surface area contributed by atoms with Crippen LogP contribution in [0.3, 0.4) is 0 Å². The number of hydrogen-bond donors (Lipinski definition) is 3. The van der Waals surface area contributed by atoms with Crippen molar-refractivity contribution >= 4 is 38.8 Å². The Kier molecular flexibility index (Phi) is 2.79. The van der Waals surface area contributed by atoms with Crippen molar-refractivity contribution in [3.8, 4) is 0 Å². The Hall–Kier alpha value is -1.82. The lowest BCUT2D eigenvalue weighted by atomic mass is 10.2. The monoisotopic (exact) mass is 262 g/mol. The van der Waals surface area contributed by atoms with E-state index >= 15 is 0 Å². The number of nitrogen functional groups attached to an aromatic ring is 1. The zero-order chi connectivity index (χ0) is 12.5. The Labute approximate surface area is 108 Å². The Morgan fingerprint density at radius 2 is 2.33 bits per heavy atom. The molecule has 6 heteroatoms. The molecule has 1 aromatic carbocycles. The van der Waals surface area contributed by atoms with Gasteiger partial charge in [-0.15, -0.1) is 11.3 Å². The average Bonchev–Trinajstić information content (AvgIpc) is 3.03. The fraction of sp³-hybridized carbons (Fsp3) is 0.333. The van der Waals surface area contributed by atoms with E-state index < -0.39 is 0 Å². The lowest BCUT2D eigenvalue weighted by Crippen LogP contribution is -2.31. The van der Waals surface area contributed by atoms with Gasteiger partial charge in [0, 0.05) is 6.04 Å². The molecule has 18 heavy (non-hydrogen) atoms. The van der Waals surface area contributed by atoms with Crippen molar-refractivity contribution in [2.45, 2.75) is 18.9 Å². The van der Waals surface area contributed by atoms with Gasteiger partial charge < -0.3 is 16.4 Å². The van der Waals surface area contributed by atoms with E-state index in [1.54, 1.807) is 16.8 Å². The second-order valence-corrected chi connectivity index (χ2v) is 5.31. The second-order valence-electron chi connectivity index (χ2n) is 4.42. The largest absolute Gasteiger partial charge is 0.395 e. The number of carbonyl (C=O) groups excluding carboxylic acids is 1. The van der Waals surface area contributed by atoms with E-state index in [1.807, 2.05) is 12.1 Å². The zero-order valence-corrected chi connectivity index (χ0v) is 10.6. The molecule has 0 unspecified atom stereocenters. The van der Waals surface area contributed by atoms with Gasteiger partial charge in [-0.2, -0.15) is 0 Å². The van der Waals surface area contributed by atoms with Gasteiger partial charge in [0.2, 0.25) is 5.91 Å². The lowest BCUT2D eigenvalue weighted by Gasteiger charge is -2.09. The summed E-state index contributed by atoms with van der Waals surface area (Å²) >= 11 is 1.55. The first-order valence-electron chi connectivity index (χ1n) is 5.89. The highest BCUT2D eigenvalue weighted by Crippen LogP contribution is 2.29. The summed E-state index contributed by atoms with van der Waals surface area (Å²) in [5.41, 5.74) is 9.95. The average molecular weight is 262 g/mol. The molecule has 3 rings (SSSR count). The van der Waals surface area contributed by atoms with Crippen LogP contribution in [0.15, 0.2) is 17.6 Å². The third kappa shape index (κ3) is 2.24. The van der Waals surface area contributed by atoms with Gasteiger partial charge in [0.25, 0.3) is 0 Å². The minimum Gasteiger partial charge on any atom is -0.395 e. The van der Waals surface area contributed by atoms with Crippen molar-refractivity contribution in [3.05, 3.63) is 17.6 Å². The van der Waals surface area contributed by atoms with Crippen LogP contribution in [0, 0.1) is 0 Å². The molecule has 1 saturated carbocycles. The maximum Gasteiger partial charge on any atom is 0.239 e. The van der Waals surface area contributed by atoms with E-state index in [0.717, 1.165) is 28.7 Å². The smallest absolute Gasteiger partial charge is 0.239 e. The Morgan fingerprint density at radius 3 is 3.11 bits per heavy atom. The van der Waals surface area contributed by atoms with Gasteiger partial charge in [-0.3, -0.25) is 4.79 Å². The minimum atomic E-state index is 0.00951. The Morgan fingerprint density at radius 1 is 1.50 bits per heavy atom. The number of amides is 1. The molecule has 94 valence electrons. The number of nitrogens with zero attached hydrogens (tertiary/aromatic N) is 1. The molecule has 0 spiro atoms. The Bertz CT molecular complexity index is 591. The number of hydrogen-bond acceptors (Lipinski definition) is 5. The molecule has 0 saturated heterocycles. The van der Waals surface area contributed by atoms with Crippen molar-refractivity contribution in [1.82, 2.24) is 10.3 Å². The van der Waals surface area contributed by atoms with Crippen LogP contribution in [-0.2, 0) is 4.79 Å². The fourth-order valence-electron chi connectivity index (χ4n) is 1.79. The summed E-state index contributed by atoms with van der Waals surface area (Å²) in [6.07, 6.45) is 2.19. The molecule has 1 aromatic heterocycles. The number of nitrogens with two attached hydrogens (primary N) is 1. The number of thiazole rings is 1. The van der Waals surface area contributed by atoms with Crippen LogP contribution in [0.1, 0.15) is 12.8 Å². The quantitative estimate of drug-likeness (QED) is 0.731. The van der Waals surface area contributed by atoms with Gasteiger partial charge in [0.15, 0.2) is 0 Å². The number of aromatic nitrogens is 1. The third-order valence-corrected chi connectivity index (χ3v) is 3.72. The topological polar surface area (TPSA) is 80.0 Å². The molecule has 1 heterocycles. The summed E-state index contributed by atoms with van der Waals surface area (Å²) in [4.78, 5) is 15.8. The minimum absolute atomic E-state index is 0.00951. The lowest BCUT2D eigenvalue weighted by molar-refractivity contribution is -0.119. The molecule has 1 amide bonds. The third-order valence-electron chi connectivity index (χ3n) is 2.92. The summed E-state index contributed by atoms with van der Waals surface area (Å²) in [5, 5.41) is 5.98. The van der Waals surface area contributed by atoms with Crippen LogP contribution in [0.5, 0.6) is 0 Å². The number of rotatable bonds is 4. The van der Waals surface area contributed by atoms with Crippen molar-refractivity contribution in [2.24, 2.45) is 0 Å². The predicted molar refractivity (Wildman–Crippen MR) is 73.7 cm³/mol. The zero-order valence-electron chi connectivity index (χ0n) is 9.77. The van der Waals surface area contributed by atoms with Crippen molar-refractivity contribution in [2.75, 3.05) is 17.6 Å². The first-order chi connectivity index (χ1) is 8.74. The maximum atomic E-state index is 11.6. The number of benzene rings is 1. The van der Waals surface area contributed by atoms with Crippen LogP contribution in [0.25, 0.3) is 10.2 Å². The van der Waals surface area contributed by atoms with E-state index in [0.29, 0.717) is 11.7 Å². The number of fused-ring (bicyclic) bond motifs is 1. The Balaban J connectivity index is 1.69. The van der Waals surface area contributed by atoms with Gasteiger partial charge in [-0.05, 0) is 25.0 Å². The molecule has 0 aliphatic heterocycles. The number of carbonyl (C=O) groups is 1. The SMILES string of the molecule is Nc1c(NCC(=O)NC2CC2)ccc2scnc12. The summed E-state index contributed by atoms with van der Waals surface area (Å²) in [6.45, 7) is 0.246. The molecule has 1 aliphatic rings. The summed E-state index contributed by atoms with van der Waals surface area (Å²) in [7, 11) is 0. The molecular formula is C12H14N4OS. The van der Waals surface area contributed by atoms with Crippen LogP contribution >= 0.6 is 11.3 Å². The first-order valence-corrected chi connectivity index (χ1v) is 6.77. The number of anilines is 2. The summed E-state index contributed by atoms with van der Waals surface area (Å²) in [5.74, 6) is 0.00951. The highest BCUT2D eigenvalue weighted by Gasteiger charge is 2.22. The van der Waals surface area contributed by atoms with Gasteiger partial charge in [0.05, 0.1) is 28.1 Å². The maximum absolute atomic E-state index is 11.6. The molecule has 4 N–H and O–H groups in total. The van der Waals surface area contributed by atoms with Crippen LogP contribution < -0.4 is 16.4 Å². The van der Waals surface area contributed by atoms with Gasteiger partial charge in [-0.1, -0.05) is 0 Å². The molecule has 1 fully saturated rings. The van der Waals surface area contributed by atoms with Crippen molar-refractivity contribution in [1.29, 1.82) is 0 Å². The van der Waals surface area contributed by atoms with Crippen molar-refractivity contribution < 1.29 is 4.79 Å². The van der Waals surface area contributed by atoms with Gasteiger partial charge >= 0.3 is 0 Å². The molecular weight excluding hydrogens is 248 g/mol. The molecule has 1 aliphatic carbocycles. The van der Waals surface area contributed by atoms with Crippen LogP contribution in [0.4, 0.5) is 11.4 Å². The summed E-state index contributed by atoms with van der Waals surface area (Å²) < 4.78 is 1.06.